The maximum Gasteiger partial charge on any atom is 0.355 e. The highest BCUT2D eigenvalue weighted by atomic mass is 35.5. The average Bonchev–Trinajstić information content (AvgIpc) is 2.79. The summed E-state index contributed by atoms with van der Waals surface area (Å²) in [5, 5.41) is -0.200. The summed E-state index contributed by atoms with van der Waals surface area (Å²) in [5.41, 5.74) is -0.118. The molecule has 0 atom stereocenters. The van der Waals surface area contributed by atoms with Gasteiger partial charge in [-0.05, 0) is 61.9 Å². The van der Waals surface area contributed by atoms with Gasteiger partial charge in [0, 0.05) is 24.7 Å². The first-order valence-electron chi connectivity index (χ1n) is 9.96. The number of benzene rings is 2. The van der Waals surface area contributed by atoms with E-state index in [2.05, 4.69) is 17.4 Å². The van der Waals surface area contributed by atoms with Gasteiger partial charge >= 0.3 is 5.97 Å². The third kappa shape index (κ3) is 6.74. The van der Waals surface area contributed by atoms with Crippen molar-refractivity contribution in [3.8, 4) is 0 Å². The second-order valence-corrected chi connectivity index (χ2v) is 9.48. The van der Waals surface area contributed by atoms with Crippen LogP contribution in [0.25, 0.3) is 5.57 Å². The molecule has 2 aromatic rings. The lowest BCUT2D eigenvalue weighted by molar-refractivity contribution is -0.136. The molecule has 0 aliphatic heterocycles. The summed E-state index contributed by atoms with van der Waals surface area (Å²) in [6.45, 7) is 4.65. The van der Waals surface area contributed by atoms with Gasteiger partial charge in [-0.2, -0.15) is 12.6 Å². The SMILES string of the molecule is COC(=O)/C(NS(=O)(=O)c1c(F)cc(Cl)cc1C(=O)N(C)C)=C(\C)c1c(F)ccc(C)c1C.CS. The van der Waals surface area contributed by atoms with Gasteiger partial charge < -0.3 is 9.64 Å². The zero-order chi connectivity index (χ0) is 27.2. The van der Waals surface area contributed by atoms with Crippen molar-refractivity contribution < 1.29 is 31.5 Å². The van der Waals surface area contributed by atoms with Gasteiger partial charge in [0.1, 0.15) is 22.2 Å². The van der Waals surface area contributed by atoms with E-state index in [-0.39, 0.29) is 16.2 Å². The zero-order valence-corrected chi connectivity index (χ0v) is 22.8. The molecule has 0 saturated carbocycles. The van der Waals surface area contributed by atoms with Crippen molar-refractivity contribution in [3.05, 3.63) is 68.9 Å². The molecule has 0 unspecified atom stereocenters. The van der Waals surface area contributed by atoms with Gasteiger partial charge in [0.2, 0.25) is 0 Å². The first-order valence-corrected chi connectivity index (χ1v) is 12.7. The van der Waals surface area contributed by atoms with Crippen molar-refractivity contribution in [1.29, 1.82) is 0 Å². The number of ether oxygens (including phenoxy) is 1. The number of hydrogen-bond acceptors (Lipinski definition) is 6. The summed E-state index contributed by atoms with van der Waals surface area (Å²) in [6.07, 6.45) is 1.69. The highest BCUT2D eigenvalue weighted by molar-refractivity contribution is 7.89. The Balaban J connectivity index is 0.00000298. The molecule has 0 fully saturated rings. The highest BCUT2D eigenvalue weighted by Crippen LogP contribution is 2.30. The Hall–Kier alpha value is -2.63. The normalized spacial score (nSPS) is 11.6. The van der Waals surface area contributed by atoms with E-state index in [1.807, 2.05) is 4.72 Å². The molecule has 0 heterocycles. The molecular formula is C23H27ClF2N2O5S2. The van der Waals surface area contributed by atoms with Crippen LogP contribution < -0.4 is 4.72 Å². The standard InChI is InChI=1S/C22H23ClF2N2O5S.CH4S/c1-11-7-8-16(24)18(12(11)2)13(3)19(22(29)32-6)26-33(30,31)20-15(21(28)27(4)5)9-14(23)10-17(20)25;1-2/h7-10,26H,1-6H3;2H,1H3/b19-13-;. The van der Waals surface area contributed by atoms with Crippen LogP contribution in [0.1, 0.15) is 34.0 Å². The van der Waals surface area contributed by atoms with Crippen molar-refractivity contribution >= 4 is 51.7 Å². The fraction of sp³-hybridized carbons (Fsp3) is 0.304. The summed E-state index contributed by atoms with van der Waals surface area (Å²) < 4.78 is 62.5. The summed E-state index contributed by atoms with van der Waals surface area (Å²) >= 11 is 9.36. The lowest BCUT2D eigenvalue weighted by Crippen LogP contribution is -2.32. The first-order chi connectivity index (χ1) is 16.2. The molecule has 0 aromatic heterocycles. The topological polar surface area (TPSA) is 92.8 Å². The third-order valence-electron chi connectivity index (χ3n) is 4.97. The lowest BCUT2D eigenvalue weighted by Gasteiger charge is -2.19. The Morgan fingerprint density at radius 2 is 1.66 bits per heavy atom. The van der Waals surface area contributed by atoms with Gasteiger partial charge in [-0.3, -0.25) is 9.52 Å². The van der Waals surface area contributed by atoms with Crippen molar-refractivity contribution in [2.75, 3.05) is 27.5 Å². The maximum absolute atomic E-state index is 14.8. The van der Waals surface area contributed by atoms with Crippen LogP contribution >= 0.6 is 24.2 Å². The van der Waals surface area contributed by atoms with Crippen molar-refractivity contribution in [2.24, 2.45) is 0 Å². The summed E-state index contributed by atoms with van der Waals surface area (Å²) in [4.78, 5) is 25.0. The van der Waals surface area contributed by atoms with E-state index in [1.54, 1.807) is 20.1 Å². The van der Waals surface area contributed by atoms with Crippen LogP contribution in [0.2, 0.25) is 5.02 Å². The molecule has 1 amide bonds. The number of allylic oxidation sites excluding steroid dienone is 1. The number of carbonyl (C=O) groups excluding carboxylic acids is 2. The molecular weight excluding hydrogens is 522 g/mol. The minimum absolute atomic E-state index is 0.0146. The van der Waals surface area contributed by atoms with E-state index in [0.29, 0.717) is 11.1 Å². The molecule has 1 N–H and O–H groups in total. The Bertz CT molecular complexity index is 1280. The van der Waals surface area contributed by atoms with Gasteiger partial charge in [-0.25, -0.2) is 22.0 Å². The molecule has 0 aliphatic rings. The number of sulfonamides is 1. The number of hydrogen-bond donors (Lipinski definition) is 2. The molecule has 2 aromatic carbocycles. The fourth-order valence-electron chi connectivity index (χ4n) is 3.16. The average molecular weight is 549 g/mol. The second-order valence-electron chi connectivity index (χ2n) is 7.43. The molecule has 192 valence electrons. The molecule has 0 bridgehead atoms. The largest absolute Gasteiger partial charge is 0.464 e. The van der Waals surface area contributed by atoms with Crippen LogP contribution in [0.5, 0.6) is 0 Å². The molecule has 0 aliphatic carbocycles. The molecule has 7 nitrogen and oxygen atoms in total. The molecule has 0 saturated heterocycles. The maximum atomic E-state index is 14.8. The first kappa shape index (κ1) is 30.4. The smallest absolute Gasteiger partial charge is 0.355 e. The van der Waals surface area contributed by atoms with E-state index in [9.17, 15) is 26.8 Å². The molecule has 12 heteroatoms. The highest BCUT2D eigenvalue weighted by Gasteiger charge is 2.32. The number of rotatable bonds is 6. The van der Waals surface area contributed by atoms with E-state index >= 15 is 0 Å². The Labute approximate surface area is 214 Å². The van der Waals surface area contributed by atoms with Gasteiger partial charge in [0.25, 0.3) is 15.9 Å². The Morgan fingerprint density at radius 1 is 1.09 bits per heavy atom. The number of aryl methyl sites for hydroxylation is 1. The van der Waals surface area contributed by atoms with Gasteiger partial charge in [-0.15, -0.1) is 0 Å². The van der Waals surface area contributed by atoms with Gasteiger partial charge in [0.05, 0.1) is 12.7 Å². The van der Waals surface area contributed by atoms with Crippen LogP contribution in [0, 0.1) is 25.5 Å². The predicted molar refractivity (Wildman–Crippen MR) is 135 cm³/mol. The molecule has 0 radical (unpaired) electrons. The fourth-order valence-corrected chi connectivity index (χ4v) is 4.72. The van der Waals surface area contributed by atoms with E-state index in [0.717, 1.165) is 24.1 Å². The number of nitrogens with zero attached hydrogens (tertiary/aromatic N) is 1. The molecule has 2 rings (SSSR count). The van der Waals surface area contributed by atoms with E-state index in [4.69, 9.17) is 11.6 Å². The predicted octanol–water partition coefficient (Wildman–Crippen LogP) is 4.37. The van der Waals surface area contributed by atoms with Gasteiger partial charge in [-0.1, -0.05) is 17.7 Å². The second kappa shape index (κ2) is 12.4. The summed E-state index contributed by atoms with van der Waals surface area (Å²) in [6, 6.07) is 4.44. The Morgan fingerprint density at radius 3 is 2.17 bits per heavy atom. The van der Waals surface area contributed by atoms with E-state index in [1.165, 1.54) is 33.2 Å². The monoisotopic (exact) mass is 548 g/mol. The van der Waals surface area contributed by atoms with Gasteiger partial charge in [0.15, 0.2) is 0 Å². The number of halogens is 3. The summed E-state index contributed by atoms with van der Waals surface area (Å²) in [5.74, 6) is -3.97. The van der Waals surface area contributed by atoms with Crippen LogP contribution in [0.3, 0.4) is 0 Å². The molecule has 35 heavy (non-hydrogen) atoms. The van der Waals surface area contributed by atoms with Crippen LogP contribution in [0.15, 0.2) is 34.9 Å². The quantitative estimate of drug-likeness (QED) is 0.318. The number of amides is 1. The summed E-state index contributed by atoms with van der Waals surface area (Å²) in [7, 11) is -1.17. The van der Waals surface area contributed by atoms with Crippen LogP contribution in [0.4, 0.5) is 8.78 Å². The number of nitrogens with one attached hydrogen (secondary N) is 1. The van der Waals surface area contributed by atoms with E-state index < -0.39 is 49.7 Å². The lowest BCUT2D eigenvalue weighted by atomic mass is 9.96. The third-order valence-corrected chi connectivity index (χ3v) is 6.62. The van der Waals surface area contributed by atoms with Crippen LogP contribution in [-0.2, 0) is 19.6 Å². The van der Waals surface area contributed by atoms with Crippen molar-refractivity contribution in [3.63, 3.8) is 0 Å². The van der Waals surface area contributed by atoms with Crippen molar-refractivity contribution in [1.82, 2.24) is 9.62 Å². The van der Waals surface area contributed by atoms with Crippen LogP contribution in [-0.4, -0.2) is 52.7 Å². The minimum Gasteiger partial charge on any atom is -0.464 e. The molecule has 0 spiro atoms. The Kier molecular flexibility index (Phi) is 10.7. The zero-order valence-electron chi connectivity index (χ0n) is 20.3. The number of esters is 1. The number of carbonyl (C=O) groups is 2. The minimum atomic E-state index is -4.87. The number of methoxy groups -OCH3 is 1. The number of thiol groups is 1. The van der Waals surface area contributed by atoms with Crippen molar-refractivity contribution in [2.45, 2.75) is 25.7 Å².